The van der Waals surface area contributed by atoms with Gasteiger partial charge in [-0.2, -0.15) is 5.06 Å². The quantitative estimate of drug-likeness (QED) is 0.796. The molecule has 1 aliphatic rings. The molecule has 1 aromatic carbocycles. The number of nitrogens with one attached hydrogen (secondary N) is 1. The predicted molar refractivity (Wildman–Crippen MR) is 77.1 cm³/mol. The first-order chi connectivity index (χ1) is 9.76. The van der Waals surface area contributed by atoms with E-state index in [2.05, 4.69) is 21.2 Å². The van der Waals surface area contributed by atoms with E-state index in [1.807, 2.05) is 0 Å². The molecule has 7 nitrogen and oxygen atoms in total. The third kappa shape index (κ3) is 4.30. The highest BCUT2D eigenvalue weighted by Crippen LogP contribution is 2.26. The Bertz CT molecular complexity index is 667. The average Bonchev–Trinajstić information content (AvgIpc) is 2.73. The molecular weight excluding hydrogens is 369 g/mol. The standard InChI is InChI=1S/C11H13BrFN3O4S/c1-21(18,19)5-4-14-11-7-15(20-16(11)17)8-2-3-10(13)9(12)6-8/h2-3,6-7,14,17H,4-5H2,1H3. The SMILES string of the molecule is CS(=O)(=O)CCNC1=CN(c2ccc(F)c(Br)c2)ON1O. The first kappa shape index (κ1) is 16.0. The molecule has 0 amide bonds. The van der Waals surface area contributed by atoms with Crippen LogP contribution in [0.15, 0.2) is 34.7 Å². The van der Waals surface area contributed by atoms with Crippen LogP contribution in [0.4, 0.5) is 10.1 Å². The van der Waals surface area contributed by atoms with Gasteiger partial charge in [0.25, 0.3) is 0 Å². The summed E-state index contributed by atoms with van der Waals surface area (Å²) >= 11 is 3.05. The van der Waals surface area contributed by atoms with Crippen LogP contribution in [-0.2, 0) is 14.8 Å². The van der Waals surface area contributed by atoms with E-state index in [4.69, 9.17) is 4.94 Å². The van der Waals surface area contributed by atoms with E-state index in [0.29, 0.717) is 10.9 Å². The van der Waals surface area contributed by atoms with Crippen molar-refractivity contribution in [3.05, 3.63) is 40.5 Å². The minimum Gasteiger partial charge on any atom is -0.365 e. The van der Waals surface area contributed by atoms with Gasteiger partial charge in [0.05, 0.1) is 22.1 Å². The highest BCUT2D eigenvalue weighted by molar-refractivity contribution is 9.10. The maximum absolute atomic E-state index is 13.2. The Labute approximate surface area is 129 Å². The monoisotopic (exact) mass is 381 g/mol. The van der Waals surface area contributed by atoms with Crippen LogP contribution in [-0.4, -0.2) is 37.4 Å². The Kier molecular flexibility index (Phi) is 4.71. The number of halogens is 2. The summed E-state index contributed by atoms with van der Waals surface area (Å²) in [5, 5.41) is 14.0. The van der Waals surface area contributed by atoms with Gasteiger partial charge in [0.2, 0.25) is 0 Å². The number of hydrogen-bond acceptors (Lipinski definition) is 7. The maximum atomic E-state index is 13.2. The predicted octanol–water partition coefficient (Wildman–Crippen LogP) is 1.38. The molecule has 0 aliphatic carbocycles. The van der Waals surface area contributed by atoms with Gasteiger partial charge in [0.1, 0.15) is 15.7 Å². The van der Waals surface area contributed by atoms with Crippen LogP contribution < -0.4 is 10.4 Å². The van der Waals surface area contributed by atoms with Crippen molar-refractivity contribution in [3.63, 3.8) is 0 Å². The van der Waals surface area contributed by atoms with E-state index in [1.54, 1.807) is 0 Å². The Morgan fingerprint density at radius 1 is 1.48 bits per heavy atom. The first-order valence-corrected chi connectivity index (χ1v) is 8.66. The smallest absolute Gasteiger partial charge is 0.179 e. The number of anilines is 1. The van der Waals surface area contributed by atoms with Gasteiger partial charge in [0, 0.05) is 12.8 Å². The zero-order chi connectivity index (χ0) is 15.6. The molecule has 116 valence electrons. The topological polar surface area (TPSA) is 82.1 Å². The lowest BCUT2D eigenvalue weighted by molar-refractivity contribution is -0.306. The summed E-state index contributed by atoms with van der Waals surface area (Å²) in [6.07, 6.45) is 2.52. The fourth-order valence-electron chi connectivity index (χ4n) is 1.53. The number of benzene rings is 1. The lowest BCUT2D eigenvalue weighted by atomic mass is 10.3. The molecule has 2 N–H and O–H groups in total. The molecule has 0 saturated carbocycles. The van der Waals surface area contributed by atoms with Crippen molar-refractivity contribution in [1.29, 1.82) is 0 Å². The summed E-state index contributed by atoms with van der Waals surface area (Å²) in [6.45, 7) is 0.117. The maximum Gasteiger partial charge on any atom is 0.179 e. The summed E-state index contributed by atoms with van der Waals surface area (Å²) in [4.78, 5) is 5.01. The normalized spacial score (nSPS) is 15.3. The molecule has 0 bridgehead atoms. The van der Waals surface area contributed by atoms with E-state index < -0.39 is 15.7 Å². The summed E-state index contributed by atoms with van der Waals surface area (Å²) in [7, 11) is -3.10. The number of sulfone groups is 1. The molecule has 0 unspecified atom stereocenters. The lowest BCUT2D eigenvalue weighted by Gasteiger charge is -2.16. The van der Waals surface area contributed by atoms with Crippen LogP contribution in [0.5, 0.6) is 0 Å². The van der Waals surface area contributed by atoms with Gasteiger partial charge in [0.15, 0.2) is 5.82 Å². The van der Waals surface area contributed by atoms with Crippen molar-refractivity contribution < 1.29 is 23.0 Å². The van der Waals surface area contributed by atoms with Crippen molar-refractivity contribution >= 4 is 31.5 Å². The molecule has 1 aliphatic heterocycles. The minimum atomic E-state index is -3.10. The van der Waals surface area contributed by atoms with Gasteiger partial charge in [-0.05, 0) is 34.1 Å². The van der Waals surface area contributed by atoms with Crippen LogP contribution >= 0.6 is 15.9 Å². The molecule has 0 radical (unpaired) electrons. The molecular formula is C11H13BrFN3O4S. The van der Waals surface area contributed by atoms with Crippen molar-refractivity contribution in [3.8, 4) is 0 Å². The highest BCUT2D eigenvalue weighted by atomic mass is 79.9. The Hall–Kier alpha value is -1.36. The molecule has 0 spiro atoms. The second-order valence-corrected chi connectivity index (χ2v) is 7.46. The third-order valence-electron chi connectivity index (χ3n) is 2.55. The van der Waals surface area contributed by atoms with Gasteiger partial charge >= 0.3 is 0 Å². The van der Waals surface area contributed by atoms with Crippen molar-refractivity contribution in [2.75, 3.05) is 23.6 Å². The van der Waals surface area contributed by atoms with E-state index in [1.165, 1.54) is 29.5 Å². The van der Waals surface area contributed by atoms with Gasteiger partial charge in [-0.1, -0.05) is 5.23 Å². The third-order valence-corrected chi connectivity index (χ3v) is 4.10. The fourth-order valence-corrected chi connectivity index (χ4v) is 2.37. The van der Waals surface area contributed by atoms with Crippen LogP contribution in [0.3, 0.4) is 0 Å². The van der Waals surface area contributed by atoms with Crippen molar-refractivity contribution in [2.45, 2.75) is 0 Å². The summed E-state index contributed by atoms with van der Waals surface area (Å²) in [6, 6.07) is 4.18. The number of nitrogens with zero attached hydrogens (tertiary/aromatic N) is 2. The van der Waals surface area contributed by atoms with E-state index in [0.717, 1.165) is 6.26 Å². The molecule has 1 aromatic rings. The fraction of sp³-hybridized carbons (Fsp3) is 0.273. The Morgan fingerprint density at radius 2 is 2.19 bits per heavy atom. The molecule has 2 rings (SSSR count). The second kappa shape index (κ2) is 6.18. The molecule has 0 fully saturated rings. The largest absolute Gasteiger partial charge is 0.365 e. The van der Waals surface area contributed by atoms with Crippen LogP contribution in [0.25, 0.3) is 0 Å². The Morgan fingerprint density at radius 3 is 2.81 bits per heavy atom. The van der Waals surface area contributed by atoms with Gasteiger partial charge in [-0.15, -0.1) is 4.94 Å². The molecule has 21 heavy (non-hydrogen) atoms. The molecule has 0 aromatic heterocycles. The first-order valence-electron chi connectivity index (χ1n) is 5.81. The zero-order valence-corrected chi connectivity index (χ0v) is 13.4. The van der Waals surface area contributed by atoms with Crippen LogP contribution in [0.1, 0.15) is 0 Å². The Balaban J connectivity index is 2.05. The summed E-state index contributed by atoms with van der Waals surface area (Å²) in [5.74, 6) is -0.339. The molecule has 0 saturated heterocycles. The number of rotatable bonds is 5. The zero-order valence-electron chi connectivity index (χ0n) is 11.0. The second-order valence-electron chi connectivity index (χ2n) is 4.35. The van der Waals surface area contributed by atoms with Crippen molar-refractivity contribution in [2.24, 2.45) is 0 Å². The van der Waals surface area contributed by atoms with E-state index in [-0.39, 0.29) is 22.6 Å². The van der Waals surface area contributed by atoms with Gasteiger partial charge in [-0.3, -0.25) is 5.21 Å². The number of hydroxylamine groups is 3. The highest BCUT2D eigenvalue weighted by Gasteiger charge is 2.23. The average molecular weight is 382 g/mol. The van der Waals surface area contributed by atoms with E-state index in [9.17, 15) is 18.0 Å². The minimum absolute atomic E-state index is 0.0831. The molecule has 1 heterocycles. The summed E-state index contributed by atoms with van der Waals surface area (Å²) < 4.78 is 35.5. The number of hydrogen-bond donors (Lipinski definition) is 2. The van der Waals surface area contributed by atoms with E-state index >= 15 is 0 Å². The molecule has 10 heteroatoms. The van der Waals surface area contributed by atoms with Gasteiger partial charge in [-0.25, -0.2) is 12.8 Å². The lowest BCUT2D eigenvalue weighted by Crippen LogP contribution is -2.29. The molecule has 0 atom stereocenters. The summed E-state index contributed by atoms with van der Waals surface area (Å²) in [5.41, 5.74) is 0.474. The van der Waals surface area contributed by atoms with Gasteiger partial charge < -0.3 is 5.32 Å². The van der Waals surface area contributed by atoms with Crippen LogP contribution in [0, 0.1) is 5.82 Å². The van der Waals surface area contributed by atoms with Crippen molar-refractivity contribution in [1.82, 2.24) is 10.5 Å². The van der Waals surface area contributed by atoms with Crippen LogP contribution in [0.2, 0.25) is 0 Å².